The molecule has 0 saturated carbocycles. The van der Waals surface area contributed by atoms with Crippen molar-refractivity contribution in [2.24, 2.45) is 0 Å². The highest BCUT2D eigenvalue weighted by atomic mass is 35.5. The number of rotatable bonds is 4. The molecule has 0 bridgehead atoms. The second kappa shape index (κ2) is 8.72. The third-order valence-electron chi connectivity index (χ3n) is 6.25. The van der Waals surface area contributed by atoms with Crippen LogP contribution in [0.3, 0.4) is 0 Å². The molecule has 0 atom stereocenters. The highest BCUT2D eigenvalue weighted by Crippen LogP contribution is 2.33. The summed E-state index contributed by atoms with van der Waals surface area (Å²) in [5.74, 6) is -0.415. The van der Waals surface area contributed by atoms with Crippen molar-refractivity contribution in [3.8, 4) is 0 Å². The molecule has 0 amide bonds. The lowest BCUT2D eigenvalue weighted by Crippen LogP contribution is -2.12. The lowest BCUT2D eigenvalue weighted by molar-refractivity contribution is 0.103. The van der Waals surface area contributed by atoms with Gasteiger partial charge in [0.2, 0.25) is 0 Å². The Balaban J connectivity index is 1.70. The van der Waals surface area contributed by atoms with E-state index in [0.29, 0.717) is 37.9 Å². The molecule has 2 nitrogen and oxygen atoms in total. The zero-order chi connectivity index (χ0) is 24.0. The highest BCUT2D eigenvalue weighted by Gasteiger charge is 2.24. The molecule has 0 fully saturated rings. The minimum atomic E-state index is -0.207. The molecule has 5 aromatic carbocycles. The first-order chi connectivity index (χ1) is 16.4. The molecular weight excluding hydrogens is 463 g/mol. The van der Waals surface area contributed by atoms with Gasteiger partial charge >= 0.3 is 0 Å². The Morgan fingerprint density at radius 2 is 1.00 bits per heavy atom. The Morgan fingerprint density at radius 3 is 1.44 bits per heavy atom. The van der Waals surface area contributed by atoms with E-state index in [-0.39, 0.29) is 11.6 Å². The van der Waals surface area contributed by atoms with E-state index in [4.69, 9.17) is 23.2 Å². The zero-order valence-corrected chi connectivity index (χ0v) is 20.2. The summed E-state index contributed by atoms with van der Waals surface area (Å²) < 4.78 is 0. The van der Waals surface area contributed by atoms with Crippen LogP contribution in [-0.2, 0) is 0 Å². The molecular formula is C30H20Cl2O2. The SMILES string of the molecule is Cc1cc(C(=O)c2c(Cl)ccc3ccccc23)c(C)c(C(=O)c2c(Cl)ccc3ccccc23)c1. The van der Waals surface area contributed by atoms with Gasteiger partial charge in [-0.1, -0.05) is 83.9 Å². The zero-order valence-electron chi connectivity index (χ0n) is 18.7. The van der Waals surface area contributed by atoms with Crippen LogP contribution >= 0.6 is 23.2 Å². The van der Waals surface area contributed by atoms with Gasteiger partial charge in [-0.05, 0) is 70.8 Å². The van der Waals surface area contributed by atoms with Crippen molar-refractivity contribution in [2.75, 3.05) is 0 Å². The molecule has 0 aliphatic rings. The quantitative estimate of drug-likeness (QED) is 0.241. The minimum absolute atomic E-state index is 0.207. The van der Waals surface area contributed by atoms with Gasteiger partial charge in [0.05, 0.1) is 10.0 Å². The molecule has 34 heavy (non-hydrogen) atoms. The average Bonchev–Trinajstić information content (AvgIpc) is 2.84. The van der Waals surface area contributed by atoms with Crippen LogP contribution in [0.25, 0.3) is 21.5 Å². The summed E-state index contributed by atoms with van der Waals surface area (Å²) in [6.07, 6.45) is 0. The first-order valence-electron chi connectivity index (χ1n) is 10.9. The van der Waals surface area contributed by atoms with E-state index < -0.39 is 0 Å². The Bertz CT molecular complexity index is 1510. The van der Waals surface area contributed by atoms with E-state index in [9.17, 15) is 9.59 Å². The maximum absolute atomic E-state index is 13.8. The van der Waals surface area contributed by atoms with E-state index in [1.165, 1.54) is 0 Å². The van der Waals surface area contributed by atoms with Gasteiger partial charge in [-0.15, -0.1) is 0 Å². The van der Waals surface area contributed by atoms with Gasteiger partial charge in [-0.3, -0.25) is 9.59 Å². The van der Waals surface area contributed by atoms with Crippen LogP contribution in [-0.4, -0.2) is 11.6 Å². The molecule has 0 aromatic heterocycles. The fraction of sp³-hybridized carbons (Fsp3) is 0.0667. The van der Waals surface area contributed by atoms with Crippen LogP contribution in [0.2, 0.25) is 10.0 Å². The summed E-state index contributed by atoms with van der Waals surface area (Å²) in [5, 5.41) is 4.19. The number of halogens is 2. The van der Waals surface area contributed by atoms with Crippen LogP contribution in [0.1, 0.15) is 43.0 Å². The maximum atomic E-state index is 13.8. The number of aryl methyl sites for hydroxylation is 1. The summed E-state index contributed by atoms with van der Waals surface area (Å²) in [4.78, 5) is 27.6. The summed E-state index contributed by atoms with van der Waals surface area (Å²) in [6, 6.07) is 26.2. The molecule has 4 heteroatoms. The molecule has 0 radical (unpaired) electrons. The Labute approximate surface area is 207 Å². The number of hydrogen-bond donors (Lipinski definition) is 0. The molecule has 0 N–H and O–H groups in total. The average molecular weight is 483 g/mol. The predicted octanol–water partition coefficient (Wildman–Crippen LogP) is 8.38. The van der Waals surface area contributed by atoms with Crippen LogP contribution in [0.4, 0.5) is 0 Å². The smallest absolute Gasteiger partial charge is 0.195 e. The Morgan fingerprint density at radius 1 is 0.588 bits per heavy atom. The third-order valence-corrected chi connectivity index (χ3v) is 6.88. The van der Waals surface area contributed by atoms with E-state index in [2.05, 4.69) is 0 Å². The fourth-order valence-electron chi connectivity index (χ4n) is 4.55. The summed E-state index contributed by atoms with van der Waals surface area (Å²) in [7, 11) is 0. The first-order valence-corrected chi connectivity index (χ1v) is 11.7. The van der Waals surface area contributed by atoms with Crippen LogP contribution in [0.15, 0.2) is 84.9 Å². The van der Waals surface area contributed by atoms with Crippen LogP contribution in [0.5, 0.6) is 0 Å². The summed E-state index contributed by atoms with van der Waals surface area (Å²) in [6.45, 7) is 3.68. The van der Waals surface area contributed by atoms with E-state index in [1.807, 2.05) is 79.7 Å². The van der Waals surface area contributed by atoms with Crippen molar-refractivity contribution >= 4 is 56.3 Å². The van der Waals surface area contributed by atoms with Crippen molar-refractivity contribution in [3.63, 3.8) is 0 Å². The van der Waals surface area contributed by atoms with Crippen molar-refractivity contribution < 1.29 is 9.59 Å². The van der Waals surface area contributed by atoms with E-state index in [0.717, 1.165) is 27.1 Å². The van der Waals surface area contributed by atoms with E-state index in [1.54, 1.807) is 19.1 Å². The largest absolute Gasteiger partial charge is 0.289 e. The molecule has 0 heterocycles. The molecule has 0 aliphatic heterocycles. The van der Waals surface area contributed by atoms with Gasteiger partial charge in [-0.25, -0.2) is 0 Å². The monoisotopic (exact) mass is 482 g/mol. The number of carbonyl (C=O) groups is 2. The summed E-state index contributed by atoms with van der Waals surface area (Å²) in [5.41, 5.74) is 3.21. The molecule has 0 saturated heterocycles. The van der Waals surface area contributed by atoms with Gasteiger partial charge in [0.1, 0.15) is 0 Å². The molecule has 5 aromatic rings. The topological polar surface area (TPSA) is 34.1 Å². The van der Waals surface area contributed by atoms with Crippen LogP contribution in [0, 0.1) is 13.8 Å². The third kappa shape index (κ3) is 3.69. The molecule has 0 spiro atoms. The molecule has 0 unspecified atom stereocenters. The number of ketones is 2. The lowest BCUT2D eigenvalue weighted by Gasteiger charge is -2.15. The van der Waals surface area contributed by atoms with Gasteiger partial charge in [-0.2, -0.15) is 0 Å². The number of carbonyl (C=O) groups excluding carboxylic acids is 2. The summed E-state index contributed by atoms with van der Waals surface area (Å²) >= 11 is 13.0. The first kappa shape index (κ1) is 22.3. The molecule has 5 rings (SSSR count). The van der Waals surface area contributed by atoms with Crippen LogP contribution < -0.4 is 0 Å². The maximum Gasteiger partial charge on any atom is 0.195 e. The lowest BCUT2D eigenvalue weighted by atomic mass is 9.88. The Hall–Kier alpha value is -3.46. The highest BCUT2D eigenvalue weighted by molar-refractivity contribution is 6.38. The number of hydrogen-bond acceptors (Lipinski definition) is 2. The number of fused-ring (bicyclic) bond motifs is 2. The van der Waals surface area contributed by atoms with Crippen molar-refractivity contribution in [1.82, 2.24) is 0 Å². The van der Waals surface area contributed by atoms with Gasteiger partial charge in [0.15, 0.2) is 11.6 Å². The Kier molecular flexibility index (Phi) is 5.73. The minimum Gasteiger partial charge on any atom is -0.289 e. The van der Waals surface area contributed by atoms with Gasteiger partial charge in [0, 0.05) is 22.3 Å². The normalized spacial score (nSPS) is 11.2. The van der Waals surface area contributed by atoms with Gasteiger partial charge < -0.3 is 0 Å². The molecule has 166 valence electrons. The standard InChI is InChI=1S/C30H20Cl2O2/c1-17-15-23(29(33)27-21-9-5-3-7-19(21)11-13-25(27)31)18(2)24(16-17)30(34)28-22-10-6-4-8-20(22)12-14-26(28)32/h3-16H,1-2H3. The van der Waals surface area contributed by atoms with Gasteiger partial charge in [0.25, 0.3) is 0 Å². The molecule has 0 aliphatic carbocycles. The van der Waals surface area contributed by atoms with Crippen molar-refractivity contribution in [3.05, 3.63) is 128 Å². The van der Waals surface area contributed by atoms with Crippen molar-refractivity contribution in [2.45, 2.75) is 13.8 Å². The fourth-order valence-corrected chi connectivity index (χ4v) is 5.05. The van der Waals surface area contributed by atoms with Crippen molar-refractivity contribution in [1.29, 1.82) is 0 Å². The predicted molar refractivity (Wildman–Crippen MR) is 141 cm³/mol. The van der Waals surface area contributed by atoms with E-state index >= 15 is 0 Å². The second-order valence-corrected chi connectivity index (χ2v) is 9.24. The second-order valence-electron chi connectivity index (χ2n) is 8.43. The number of benzene rings is 5.